The van der Waals surface area contributed by atoms with Gasteiger partial charge in [0.05, 0.1) is 5.60 Å². The Morgan fingerprint density at radius 2 is 1.45 bits per heavy atom. The normalized spacial score (nSPS) is 21.3. The van der Waals surface area contributed by atoms with Gasteiger partial charge in [0.2, 0.25) is 0 Å². The number of aliphatic hydroxyl groups excluding tert-OH is 1. The van der Waals surface area contributed by atoms with Gasteiger partial charge in [0.15, 0.2) is 0 Å². The zero-order chi connectivity index (χ0) is 8.91. The Bertz CT molecular complexity index is 93.7. The Morgan fingerprint density at radius 3 is 1.64 bits per heavy atom. The summed E-state index contributed by atoms with van der Waals surface area (Å²) < 4.78 is 0. The van der Waals surface area contributed by atoms with Gasteiger partial charge in [0, 0.05) is 7.11 Å². The van der Waals surface area contributed by atoms with Crippen LogP contribution in [0.1, 0.15) is 39.5 Å². The van der Waals surface area contributed by atoms with Crippen molar-refractivity contribution in [1.29, 1.82) is 0 Å². The fraction of sp³-hybridized carbons (Fsp3) is 1.00. The summed E-state index contributed by atoms with van der Waals surface area (Å²) in [6.07, 6.45) is 4.47. The van der Waals surface area contributed by atoms with Gasteiger partial charge in [-0.05, 0) is 18.8 Å². The first-order chi connectivity index (χ1) is 5.15. The highest BCUT2D eigenvalue weighted by Crippen LogP contribution is 2.35. The molecule has 0 heterocycles. The van der Waals surface area contributed by atoms with Crippen molar-refractivity contribution in [2.75, 3.05) is 7.11 Å². The second kappa shape index (κ2) is 4.73. The van der Waals surface area contributed by atoms with E-state index in [1.807, 2.05) is 0 Å². The first-order valence-electron chi connectivity index (χ1n) is 4.32. The molecule has 0 aromatic heterocycles. The van der Waals surface area contributed by atoms with E-state index >= 15 is 0 Å². The van der Waals surface area contributed by atoms with E-state index in [9.17, 15) is 5.11 Å². The zero-order valence-electron chi connectivity index (χ0n) is 7.80. The molecule has 0 aromatic rings. The first kappa shape index (κ1) is 10.9. The van der Waals surface area contributed by atoms with Gasteiger partial charge in [-0.1, -0.05) is 26.7 Å². The smallest absolute Gasteiger partial charge is 0.0670 e. The van der Waals surface area contributed by atoms with Crippen LogP contribution < -0.4 is 0 Å². The van der Waals surface area contributed by atoms with Crippen molar-refractivity contribution in [2.24, 2.45) is 5.92 Å². The Labute approximate surface area is 69.2 Å². The van der Waals surface area contributed by atoms with E-state index in [-0.39, 0.29) is 5.60 Å². The second-order valence-corrected chi connectivity index (χ2v) is 3.47. The van der Waals surface area contributed by atoms with Gasteiger partial charge in [-0.3, -0.25) is 0 Å². The molecule has 0 saturated heterocycles. The zero-order valence-corrected chi connectivity index (χ0v) is 7.80. The molecular formula is C9H20O2. The average Bonchev–Trinajstić information content (AvgIpc) is 2.42. The summed E-state index contributed by atoms with van der Waals surface area (Å²) in [7, 11) is 1.00. The van der Waals surface area contributed by atoms with Crippen LogP contribution in [0.4, 0.5) is 0 Å². The van der Waals surface area contributed by atoms with Gasteiger partial charge in [-0.15, -0.1) is 0 Å². The summed E-state index contributed by atoms with van der Waals surface area (Å²) in [4.78, 5) is 0. The van der Waals surface area contributed by atoms with E-state index in [4.69, 9.17) is 5.11 Å². The van der Waals surface area contributed by atoms with Crippen molar-refractivity contribution in [3.05, 3.63) is 0 Å². The van der Waals surface area contributed by atoms with Crippen LogP contribution in [0.3, 0.4) is 0 Å². The third-order valence-corrected chi connectivity index (χ3v) is 2.54. The number of hydrogen-bond acceptors (Lipinski definition) is 2. The van der Waals surface area contributed by atoms with Crippen LogP contribution in [0, 0.1) is 5.92 Å². The second-order valence-electron chi connectivity index (χ2n) is 3.47. The Kier molecular flexibility index (Phi) is 4.69. The molecule has 2 N–H and O–H groups in total. The van der Waals surface area contributed by atoms with Gasteiger partial charge in [-0.2, -0.15) is 0 Å². The van der Waals surface area contributed by atoms with Crippen LogP contribution in [0.25, 0.3) is 0 Å². The monoisotopic (exact) mass is 160 g/mol. The van der Waals surface area contributed by atoms with Gasteiger partial charge in [-0.25, -0.2) is 0 Å². The Hall–Kier alpha value is -0.0800. The highest BCUT2D eigenvalue weighted by atomic mass is 16.3. The molecule has 2 nitrogen and oxygen atoms in total. The fourth-order valence-corrected chi connectivity index (χ4v) is 1.56. The molecule has 1 rings (SSSR count). The summed E-state index contributed by atoms with van der Waals surface area (Å²) in [5, 5.41) is 16.8. The molecule has 1 aliphatic rings. The molecule has 11 heavy (non-hydrogen) atoms. The topological polar surface area (TPSA) is 40.5 Å². The van der Waals surface area contributed by atoms with E-state index in [1.54, 1.807) is 0 Å². The maximum absolute atomic E-state index is 9.77. The molecule has 0 aliphatic heterocycles. The van der Waals surface area contributed by atoms with E-state index in [0.717, 1.165) is 20.0 Å². The van der Waals surface area contributed by atoms with Crippen LogP contribution in [0.15, 0.2) is 0 Å². The standard InChI is InChI=1S/C8H16O.CH4O/c1-7(2)8(9)5-3-4-6-8;1-2/h7,9H,3-6H2,1-2H3;2H,1H3. The lowest BCUT2D eigenvalue weighted by Crippen LogP contribution is -2.30. The lowest BCUT2D eigenvalue weighted by molar-refractivity contribution is 0.00205. The summed E-state index contributed by atoms with van der Waals surface area (Å²) in [5.41, 5.74) is -0.306. The molecule has 0 atom stereocenters. The van der Waals surface area contributed by atoms with E-state index in [2.05, 4.69) is 13.8 Å². The van der Waals surface area contributed by atoms with Crippen molar-refractivity contribution in [2.45, 2.75) is 45.1 Å². The molecule has 0 unspecified atom stereocenters. The first-order valence-corrected chi connectivity index (χ1v) is 4.32. The molecule has 2 heteroatoms. The molecule has 0 radical (unpaired) electrons. The number of rotatable bonds is 1. The molecular weight excluding hydrogens is 140 g/mol. The van der Waals surface area contributed by atoms with Crippen molar-refractivity contribution in [3.8, 4) is 0 Å². The predicted octanol–water partition coefficient (Wildman–Crippen LogP) is 1.56. The molecule has 68 valence electrons. The number of aliphatic hydroxyl groups is 2. The third-order valence-electron chi connectivity index (χ3n) is 2.54. The highest BCUT2D eigenvalue weighted by Gasteiger charge is 2.33. The van der Waals surface area contributed by atoms with Crippen molar-refractivity contribution < 1.29 is 10.2 Å². The summed E-state index contributed by atoms with van der Waals surface area (Å²) >= 11 is 0. The summed E-state index contributed by atoms with van der Waals surface area (Å²) in [5.74, 6) is 0.444. The minimum Gasteiger partial charge on any atom is -0.400 e. The maximum Gasteiger partial charge on any atom is 0.0670 e. The van der Waals surface area contributed by atoms with Crippen LogP contribution in [0.2, 0.25) is 0 Å². The van der Waals surface area contributed by atoms with Crippen molar-refractivity contribution in [1.82, 2.24) is 0 Å². The SMILES string of the molecule is CC(C)C1(O)CCCC1.CO. The Balaban J connectivity index is 0.000000461. The highest BCUT2D eigenvalue weighted by molar-refractivity contribution is 4.86. The lowest BCUT2D eigenvalue weighted by atomic mass is 9.89. The molecule has 0 aromatic carbocycles. The van der Waals surface area contributed by atoms with Gasteiger partial charge in [0.1, 0.15) is 0 Å². The summed E-state index contributed by atoms with van der Waals surface area (Å²) in [6.45, 7) is 4.20. The molecule has 0 bridgehead atoms. The minimum atomic E-state index is -0.306. The van der Waals surface area contributed by atoms with Crippen LogP contribution in [0.5, 0.6) is 0 Å². The fourth-order valence-electron chi connectivity index (χ4n) is 1.56. The van der Waals surface area contributed by atoms with E-state index in [0.29, 0.717) is 5.92 Å². The Morgan fingerprint density at radius 1 is 1.09 bits per heavy atom. The largest absolute Gasteiger partial charge is 0.400 e. The van der Waals surface area contributed by atoms with Gasteiger partial charge < -0.3 is 10.2 Å². The predicted molar refractivity (Wildman–Crippen MR) is 46.4 cm³/mol. The quantitative estimate of drug-likeness (QED) is 0.611. The molecule has 1 fully saturated rings. The van der Waals surface area contributed by atoms with Crippen molar-refractivity contribution in [3.63, 3.8) is 0 Å². The third kappa shape index (κ3) is 2.80. The van der Waals surface area contributed by atoms with Crippen LogP contribution >= 0.6 is 0 Å². The molecule has 0 amide bonds. The summed E-state index contributed by atoms with van der Waals surface area (Å²) in [6, 6.07) is 0. The van der Waals surface area contributed by atoms with E-state index in [1.165, 1.54) is 12.8 Å². The van der Waals surface area contributed by atoms with Crippen LogP contribution in [-0.2, 0) is 0 Å². The van der Waals surface area contributed by atoms with Crippen molar-refractivity contribution >= 4 is 0 Å². The minimum absolute atomic E-state index is 0.306. The van der Waals surface area contributed by atoms with Gasteiger partial charge in [0.25, 0.3) is 0 Å². The number of hydrogen-bond donors (Lipinski definition) is 2. The van der Waals surface area contributed by atoms with E-state index < -0.39 is 0 Å². The molecule has 1 saturated carbocycles. The average molecular weight is 160 g/mol. The van der Waals surface area contributed by atoms with Gasteiger partial charge >= 0.3 is 0 Å². The molecule has 0 spiro atoms. The van der Waals surface area contributed by atoms with Crippen LogP contribution in [-0.4, -0.2) is 22.9 Å². The molecule has 1 aliphatic carbocycles. The maximum atomic E-state index is 9.77. The lowest BCUT2D eigenvalue weighted by Gasteiger charge is -2.26.